The highest BCUT2D eigenvalue weighted by Crippen LogP contribution is 2.31. The van der Waals surface area contributed by atoms with E-state index in [2.05, 4.69) is 10.4 Å². The molecule has 0 saturated carbocycles. The van der Waals surface area contributed by atoms with Crippen molar-refractivity contribution in [1.29, 1.82) is 0 Å². The molecule has 1 N–H and O–H groups in total. The van der Waals surface area contributed by atoms with Gasteiger partial charge in [-0.15, -0.1) is 0 Å². The zero-order valence-corrected chi connectivity index (χ0v) is 23.5. The number of halogens is 2. The minimum atomic E-state index is -0.927. The lowest BCUT2D eigenvalue weighted by Crippen LogP contribution is -2.42. The number of benzene rings is 2. The van der Waals surface area contributed by atoms with Crippen LogP contribution in [0.1, 0.15) is 40.6 Å². The first-order chi connectivity index (χ1) is 20.4. The SMILES string of the molecule is CC(C)n1cc(C(=O)Nc2ccc(Oc3cc(C(=O)N(C)C)cn4nccc34)c(F)c2)c(=O)n(-c2ccc(F)cc2)c1=O. The smallest absolute Gasteiger partial charge is 0.335 e. The fraction of sp³-hybridized carbons (Fsp3) is 0.167. The lowest BCUT2D eigenvalue weighted by atomic mass is 10.2. The van der Waals surface area contributed by atoms with Gasteiger partial charge in [-0.05, 0) is 62.4 Å². The first-order valence-corrected chi connectivity index (χ1v) is 13.1. The van der Waals surface area contributed by atoms with Crippen LogP contribution in [0.4, 0.5) is 14.5 Å². The normalized spacial score (nSPS) is 11.1. The van der Waals surface area contributed by atoms with Gasteiger partial charge in [-0.25, -0.2) is 22.7 Å². The topological polar surface area (TPSA) is 120 Å². The van der Waals surface area contributed by atoms with Crippen molar-refractivity contribution in [3.8, 4) is 17.2 Å². The van der Waals surface area contributed by atoms with Gasteiger partial charge in [0.25, 0.3) is 17.4 Å². The van der Waals surface area contributed by atoms with Crippen molar-refractivity contribution in [1.82, 2.24) is 23.6 Å². The summed E-state index contributed by atoms with van der Waals surface area (Å²) < 4.78 is 37.9. The number of aromatic nitrogens is 4. The number of pyridine rings is 1. The maximum atomic E-state index is 15.2. The number of ether oxygens (including phenoxy) is 1. The number of anilines is 1. The number of rotatable bonds is 7. The van der Waals surface area contributed by atoms with Crippen LogP contribution in [0.3, 0.4) is 0 Å². The van der Waals surface area contributed by atoms with E-state index in [4.69, 9.17) is 4.74 Å². The molecule has 2 amide bonds. The molecule has 0 radical (unpaired) electrons. The minimum Gasteiger partial charge on any atom is -0.452 e. The minimum absolute atomic E-state index is 0.0101. The molecule has 0 aliphatic carbocycles. The van der Waals surface area contributed by atoms with Crippen molar-refractivity contribution < 1.29 is 23.1 Å². The number of nitrogens with zero attached hydrogens (tertiary/aromatic N) is 5. The molecule has 220 valence electrons. The summed E-state index contributed by atoms with van der Waals surface area (Å²) in [5.74, 6) is -2.60. The fourth-order valence-corrected chi connectivity index (χ4v) is 4.35. The van der Waals surface area contributed by atoms with Crippen molar-refractivity contribution in [2.75, 3.05) is 19.4 Å². The van der Waals surface area contributed by atoms with Crippen molar-refractivity contribution >= 4 is 23.0 Å². The fourth-order valence-electron chi connectivity index (χ4n) is 4.35. The summed E-state index contributed by atoms with van der Waals surface area (Å²) in [4.78, 5) is 53.4. The van der Waals surface area contributed by atoms with Crippen LogP contribution in [-0.2, 0) is 0 Å². The Bertz CT molecular complexity index is 1990. The van der Waals surface area contributed by atoms with E-state index in [9.17, 15) is 23.6 Å². The molecular weight excluding hydrogens is 562 g/mol. The average Bonchev–Trinajstić information content (AvgIpc) is 3.44. The zero-order valence-electron chi connectivity index (χ0n) is 23.5. The van der Waals surface area contributed by atoms with Crippen molar-refractivity contribution in [2.45, 2.75) is 19.9 Å². The van der Waals surface area contributed by atoms with Gasteiger partial charge in [0.05, 0.1) is 17.4 Å². The van der Waals surface area contributed by atoms with Gasteiger partial charge in [0, 0.05) is 44.3 Å². The molecule has 3 heterocycles. The number of carbonyl (C=O) groups excluding carboxylic acids is 2. The molecule has 0 atom stereocenters. The standard InChI is InChI=1S/C30H26F2N6O5/c1-17(2)36-16-22(29(41)38(30(36)42)21-8-5-19(31)6-9-21)27(39)34-20-7-10-25(23(32)14-20)43-26-13-18(28(40)35(3)4)15-37-24(26)11-12-33-37/h5-17H,1-4H3,(H,34,39). The monoisotopic (exact) mass is 588 g/mol. The van der Waals surface area contributed by atoms with Crippen LogP contribution in [-0.4, -0.2) is 49.6 Å². The molecule has 0 saturated heterocycles. The van der Waals surface area contributed by atoms with Crippen molar-refractivity contribution in [3.05, 3.63) is 117 Å². The Balaban J connectivity index is 1.46. The highest BCUT2D eigenvalue weighted by atomic mass is 19.1. The quantitative estimate of drug-likeness (QED) is 0.304. The molecule has 0 unspecified atom stereocenters. The number of nitrogens with one attached hydrogen (secondary N) is 1. The van der Waals surface area contributed by atoms with Crippen molar-refractivity contribution in [3.63, 3.8) is 0 Å². The second-order valence-electron chi connectivity index (χ2n) is 10.1. The van der Waals surface area contributed by atoms with E-state index in [1.165, 1.54) is 56.7 Å². The van der Waals surface area contributed by atoms with Crippen LogP contribution in [0.15, 0.2) is 82.8 Å². The molecule has 11 nitrogen and oxygen atoms in total. The molecule has 5 aromatic rings. The van der Waals surface area contributed by atoms with Gasteiger partial charge < -0.3 is 15.0 Å². The first kappa shape index (κ1) is 28.9. The Morgan fingerprint density at radius 1 is 0.953 bits per heavy atom. The summed E-state index contributed by atoms with van der Waals surface area (Å²) in [7, 11) is 3.19. The van der Waals surface area contributed by atoms with E-state index in [1.807, 2.05) is 0 Å². The first-order valence-electron chi connectivity index (χ1n) is 13.1. The van der Waals surface area contributed by atoms with E-state index >= 15 is 4.39 Å². The molecule has 0 bridgehead atoms. The van der Waals surface area contributed by atoms with E-state index in [-0.39, 0.29) is 39.9 Å². The van der Waals surface area contributed by atoms with Crippen LogP contribution in [0.2, 0.25) is 0 Å². The average molecular weight is 589 g/mol. The molecule has 2 aromatic carbocycles. The molecule has 43 heavy (non-hydrogen) atoms. The van der Waals surface area contributed by atoms with Gasteiger partial charge in [0.1, 0.15) is 16.9 Å². The number of fused-ring (bicyclic) bond motifs is 1. The van der Waals surface area contributed by atoms with Crippen LogP contribution in [0.5, 0.6) is 11.5 Å². The van der Waals surface area contributed by atoms with Gasteiger partial charge >= 0.3 is 5.69 Å². The number of hydrogen-bond donors (Lipinski definition) is 1. The van der Waals surface area contributed by atoms with Crippen LogP contribution in [0, 0.1) is 11.6 Å². The molecule has 0 spiro atoms. The summed E-state index contributed by atoms with van der Waals surface area (Å²) >= 11 is 0. The molecular formula is C30H26F2N6O5. The van der Waals surface area contributed by atoms with Crippen molar-refractivity contribution in [2.24, 2.45) is 0 Å². The van der Waals surface area contributed by atoms with Gasteiger partial charge in [-0.2, -0.15) is 5.10 Å². The van der Waals surface area contributed by atoms with E-state index in [0.29, 0.717) is 5.52 Å². The van der Waals surface area contributed by atoms with Crippen LogP contribution < -0.4 is 21.3 Å². The third-order valence-electron chi connectivity index (χ3n) is 6.53. The summed E-state index contributed by atoms with van der Waals surface area (Å²) in [6, 6.07) is 11.0. The van der Waals surface area contributed by atoms with E-state index in [1.54, 1.807) is 34.0 Å². The highest BCUT2D eigenvalue weighted by Gasteiger charge is 2.21. The molecule has 3 aromatic heterocycles. The maximum Gasteiger partial charge on any atom is 0.335 e. The summed E-state index contributed by atoms with van der Waals surface area (Å²) in [6.45, 7) is 3.39. The van der Waals surface area contributed by atoms with Crippen LogP contribution in [0.25, 0.3) is 11.2 Å². The molecule has 5 rings (SSSR count). The Hall–Kier alpha value is -5.59. The third-order valence-corrected chi connectivity index (χ3v) is 6.53. The Kier molecular flexibility index (Phi) is 7.64. The zero-order chi connectivity index (χ0) is 31.0. The molecule has 0 fully saturated rings. The second kappa shape index (κ2) is 11.4. The molecule has 13 heteroatoms. The number of carbonyl (C=O) groups is 2. The Morgan fingerprint density at radius 2 is 1.67 bits per heavy atom. The van der Waals surface area contributed by atoms with Crippen LogP contribution >= 0.6 is 0 Å². The third kappa shape index (κ3) is 5.64. The highest BCUT2D eigenvalue weighted by molar-refractivity contribution is 6.04. The van der Waals surface area contributed by atoms with Gasteiger partial charge in [-0.3, -0.25) is 19.0 Å². The van der Waals surface area contributed by atoms with Gasteiger partial charge in [0.2, 0.25) is 0 Å². The Morgan fingerprint density at radius 3 is 2.33 bits per heavy atom. The lowest BCUT2D eigenvalue weighted by molar-refractivity contribution is 0.0826. The lowest BCUT2D eigenvalue weighted by Gasteiger charge is -2.16. The number of amides is 2. The molecule has 0 aliphatic heterocycles. The maximum absolute atomic E-state index is 15.2. The number of hydrogen-bond acceptors (Lipinski definition) is 6. The van der Waals surface area contributed by atoms with Gasteiger partial charge in [-0.1, -0.05) is 0 Å². The molecule has 0 aliphatic rings. The second-order valence-corrected chi connectivity index (χ2v) is 10.1. The summed E-state index contributed by atoms with van der Waals surface area (Å²) in [6.07, 6.45) is 4.18. The predicted molar refractivity (Wildman–Crippen MR) is 154 cm³/mol. The summed E-state index contributed by atoms with van der Waals surface area (Å²) in [5, 5.41) is 6.62. The van der Waals surface area contributed by atoms with Gasteiger partial charge in [0.15, 0.2) is 17.3 Å². The van der Waals surface area contributed by atoms with E-state index < -0.39 is 34.8 Å². The Labute approximate surface area is 243 Å². The largest absolute Gasteiger partial charge is 0.452 e. The predicted octanol–water partition coefficient (Wildman–Crippen LogP) is 4.25. The van der Waals surface area contributed by atoms with E-state index in [0.717, 1.165) is 29.0 Å². The summed E-state index contributed by atoms with van der Waals surface area (Å²) in [5.41, 5.74) is -1.17.